The molecule has 2 heteroatoms. The molecular weight excluding hydrogens is 258 g/mol. The highest BCUT2D eigenvalue weighted by Crippen LogP contribution is 2.22. The molecule has 0 unspecified atom stereocenters. The van der Waals surface area contributed by atoms with E-state index in [1.54, 1.807) is 0 Å². The van der Waals surface area contributed by atoms with Gasteiger partial charge >= 0.3 is 0 Å². The summed E-state index contributed by atoms with van der Waals surface area (Å²) in [6, 6.07) is 6.35. The lowest BCUT2D eigenvalue weighted by Gasteiger charge is -2.12. The molecule has 1 rings (SSSR count). The van der Waals surface area contributed by atoms with Crippen molar-refractivity contribution in [3.05, 3.63) is 29.3 Å². The molecule has 1 atom stereocenters. The summed E-state index contributed by atoms with van der Waals surface area (Å²) in [6.45, 7) is 7.19. The molecule has 0 aliphatic carbocycles. The largest absolute Gasteiger partial charge is 0.493 e. The van der Waals surface area contributed by atoms with Crippen LogP contribution in [-0.4, -0.2) is 6.61 Å². The maximum Gasteiger partial charge on any atom is 0.122 e. The van der Waals surface area contributed by atoms with Gasteiger partial charge in [0, 0.05) is 6.04 Å². The molecule has 2 N–H and O–H groups in total. The summed E-state index contributed by atoms with van der Waals surface area (Å²) in [5.74, 6) is 1.00. The van der Waals surface area contributed by atoms with E-state index in [4.69, 9.17) is 10.5 Å². The zero-order chi connectivity index (χ0) is 15.5. The van der Waals surface area contributed by atoms with E-state index in [-0.39, 0.29) is 6.04 Å². The third kappa shape index (κ3) is 7.52. The Morgan fingerprint density at radius 2 is 1.62 bits per heavy atom. The molecule has 1 aromatic rings. The van der Waals surface area contributed by atoms with Gasteiger partial charge in [0.15, 0.2) is 0 Å². The highest BCUT2D eigenvalue weighted by Gasteiger charge is 2.04. The average Bonchev–Trinajstić information content (AvgIpc) is 2.46. The highest BCUT2D eigenvalue weighted by atomic mass is 16.5. The Hall–Kier alpha value is -1.02. The van der Waals surface area contributed by atoms with Gasteiger partial charge in [0.2, 0.25) is 0 Å². The van der Waals surface area contributed by atoms with Crippen molar-refractivity contribution in [2.24, 2.45) is 5.73 Å². The average molecular weight is 291 g/mol. The minimum absolute atomic E-state index is 0.0884. The molecule has 0 saturated heterocycles. The van der Waals surface area contributed by atoms with Gasteiger partial charge in [-0.25, -0.2) is 0 Å². The van der Waals surface area contributed by atoms with E-state index in [0.29, 0.717) is 0 Å². The van der Waals surface area contributed by atoms with Gasteiger partial charge in [0.25, 0.3) is 0 Å². The van der Waals surface area contributed by atoms with Crippen LogP contribution in [0.1, 0.15) is 82.4 Å². The molecule has 1 aromatic carbocycles. The van der Waals surface area contributed by atoms with Crippen LogP contribution in [0.25, 0.3) is 0 Å². The predicted octanol–water partition coefficient (Wildman–Crippen LogP) is 5.53. The molecule has 0 aliphatic rings. The van der Waals surface area contributed by atoms with Crippen molar-refractivity contribution in [2.75, 3.05) is 6.61 Å². The smallest absolute Gasteiger partial charge is 0.122 e. The SMILES string of the molecule is CCCCCCCCCCOc1ccc([C@@H](C)N)cc1C. The molecule has 0 saturated carbocycles. The molecule has 0 bridgehead atoms. The third-order valence-corrected chi connectivity index (χ3v) is 3.98. The Bertz CT molecular complexity index is 387. The van der Waals surface area contributed by atoms with E-state index in [0.717, 1.165) is 18.8 Å². The topological polar surface area (TPSA) is 35.2 Å². The van der Waals surface area contributed by atoms with Crippen LogP contribution in [0.4, 0.5) is 0 Å². The van der Waals surface area contributed by atoms with Crippen LogP contribution in [0, 0.1) is 6.92 Å². The van der Waals surface area contributed by atoms with E-state index >= 15 is 0 Å². The molecule has 21 heavy (non-hydrogen) atoms. The molecule has 0 heterocycles. The van der Waals surface area contributed by atoms with E-state index in [2.05, 4.69) is 32.0 Å². The Balaban J connectivity index is 2.13. The lowest BCUT2D eigenvalue weighted by molar-refractivity contribution is 0.302. The number of ether oxygens (including phenoxy) is 1. The van der Waals surface area contributed by atoms with Crippen LogP contribution < -0.4 is 10.5 Å². The van der Waals surface area contributed by atoms with Crippen molar-refractivity contribution in [1.29, 1.82) is 0 Å². The summed E-state index contributed by atoms with van der Waals surface area (Å²) < 4.78 is 5.88. The number of hydrogen-bond acceptors (Lipinski definition) is 2. The standard InChI is InChI=1S/C19H33NO/c1-4-5-6-7-8-9-10-11-14-21-19-13-12-18(17(3)20)15-16(19)2/h12-13,15,17H,4-11,14,20H2,1-3H3/t17-/m1/s1. The monoisotopic (exact) mass is 291 g/mol. The summed E-state index contributed by atoms with van der Waals surface area (Å²) in [4.78, 5) is 0. The normalized spacial score (nSPS) is 12.4. The predicted molar refractivity (Wildman–Crippen MR) is 91.9 cm³/mol. The summed E-state index contributed by atoms with van der Waals surface area (Å²) in [5, 5.41) is 0. The first-order valence-electron chi connectivity index (χ1n) is 8.64. The van der Waals surface area contributed by atoms with Gasteiger partial charge in [-0.2, -0.15) is 0 Å². The molecule has 120 valence electrons. The van der Waals surface area contributed by atoms with Gasteiger partial charge in [-0.1, -0.05) is 64.0 Å². The first kappa shape index (κ1) is 18.0. The molecule has 0 fully saturated rings. The summed E-state index contributed by atoms with van der Waals surface area (Å²) >= 11 is 0. The molecule has 2 nitrogen and oxygen atoms in total. The van der Waals surface area contributed by atoms with Crippen LogP contribution in [-0.2, 0) is 0 Å². The second kappa shape index (κ2) is 10.7. The molecule has 0 radical (unpaired) electrons. The maximum atomic E-state index is 5.89. The number of rotatable bonds is 11. The summed E-state index contributed by atoms with van der Waals surface area (Å²) in [6.07, 6.45) is 10.7. The van der Waals surface area contributed by atoms with Crippen molar-refractivity contribution in [3.63, 3.8) is 0 Å². The van der Waals surface area contributed by atoms with Gasteiger partial charge in [0.1, 0.15) is 5.75 Å². The minimum Gasteiger partial charge on any atom is -0.493 e. The van der Waals surface area contributed by atoms with Crippen LogP contribution in [0.15, 0.2) is 18.2 Å². The van der Waals surface area contributed by atoms with E-state index in [9.17, 15) is 0 Å². The van der Waals surface area contributed by atoms with Crippen molar-refractivity contribution >= 4 is 0 Å². The lowest BCUT2D eigenvalue weighted by Crippen LogP contribution is -2.06. The van der Waals surface area contributed by atoms with E-state index in [1.807, 2.05) is 6.92 Å². The molecule has 0 aliphatic heterocycles. The zero-order valence-electron chi connectivity index (χ0n) is 14.2. The number of hydrogen-bond donors (Lipinski definition) is 1. The fourth-order valence-electron chi connectivity index (χ4n) is 2.54. The minimum atomic E-state index is 0.0884. The third-order valence-electron chi connectivity index (χ3n) is 3.98. The van der Waals surface area contributed by atoms with E-state index < -0.39 is 0 Å². The molecule has 0 amide bonds. The first-order valence-corrected chi connectivity index (χ1v) is 8.64. The molecular formula is C19H33NO. The fourth-order valence-corrected chi connectivity index (χ4v) is 2.54. The van der Waals surface area contributed by atoms with Crippen molar-refractivity contribution in [3.8, 4) is 5.75 Å². The fraction of sp³-hybridized carbons (Fsp3) is 0.684. The van der Waals surface area contributed by atoms with Crippen molar-refractivity contribution < 1.29 is 4.74 Å². The van der Waals surface area contributed by atoms with E-state index in [1.165, 1.54) is 56.1 Å². The second-order valence-electron chi connectivity index (χ2n) is 6.14. The van der Waals surface area contributed by atoms with Gasteiger partial charge in [-0.15, -0.1) is 0 Å². The van der Waals surface area contributed by atoms with Gasteiger partial charge in [0.05, 0.1) is 6.61 Å². The number of nitrogens with two attached hydrogens (primary N) is 1. The van der Waals surface area contributed by atoms with Gasteiger partial charge < -0.3 is 10.5 Å². The van der Waals surface area contributed by atoms with Gasteiger partial charge in [-0.05, 0) is 37.5 Å². The Kier molecular flexibility index (Phi) is 9.16. The number of aryl methyl sites for hydroxylation is 1. The quantitative estimate of drug-likeness (QED) is 0.544. The van der Waals surface area contributed by atoms with Gasteiger partial charge in [-0.3, -0.25) is 0 Å². The second-order valence-corrected chi connectivity index (χ2v) is 6.14. The zero-order valence-corrected chi connectivity index (χ0v) is 14.2. The molecule has 0 spiro atoms. The Morgan fingerprint density at radius 1 is 1.00 bits per heavy atom. The number of unbranched alkanes of at least 4 members (excludes halogenated alkanes) is 7. The Morgan fingerprint density at radius 3 is 2.19 bits per heavy atom. The van der Waals surface area contributed by atoms with Crippen molar-refractivity contribution in [1.82, 2.24) is 0 Å². The van der Waals surface area contributed by atoms with Crippen LogP contribution in [0.2, 0.25) is 0 Å². The van der Waals surface area contributed by atoms with Crippen LogP contribution in [0.5, 0.6) is 5.75 Å². The maximum absolute atomic E-state index is 5.89. The Labute approximate surface area is 131 Å². The summed E-state index contributed by atoms with van der Waals surface area (Å²) in [5.41, 5.74) is 8.25. The molecule has 0 aromatic heterocycles. The van der Waals surface area contributed by atoms with Crippen molar-refractivity contribution in [2.45, 2.75) is 78.2 Å². The highest BCUT2D eigenvalue weighted by molar-refractivity contribution is 5.37. The number of benzene rings is 1. The summed E-state index contributed by atoms with van der Waals surface area (Å²) in [7, 11) is 0. The van der Waals surface area contributed by atoms with Crippen LogP contribution >= 0.6 is 0 Å². The lowest BCUT2D eigenvalue weighted by atomic mass is 10.1. The first-order chi connectivity index (χ1) is 10.1. The van der Waals surface area contributed by atoms with Crippen LogP contribution in [0.3, 0.4) is 0 Å².